The van der Waals surface area contributed by atoms with Crippen molar-refractivity contribution in [3.05, 3.63) is 11.4 Å². The smallest absolute Gasteiger partial charge is 0.216 e. The lowest BCUT2D eigenvalue weighted by Gasteiger charge is -2.11. The predicted molar refractivity (Wildman–Crippen MR) is 43.7 cm³/mol. The summed E-state index contributed by atoms with van der Waals surface area (Å²) < 4.78 is 0. The SMILES string of the molecule is [C-]#[N+]CCC(C#N)CN(C)C. The summed E-state index contributed by atoms with van der Waals surface area (Å²) in [6, 6.07) is 2.18. The van der Waals surface area contributed by atoms with Crippen molar-refractivity contribution >= 4 is 0 Å². The van der Waals surface area contributed by atoms with Crippen LogP contribution >= 0.6 is 0 Å². The minimum atomic E-state index is 0.0131. The molecule has 0 aliphatic rings. The normalized spacial score (nSPS) is 12.1. The minimum Gasteiger partial charge on any atom is -0.317 e. The van der Waals surface area contributed by atoms with Crippen molar-refractivity contribution in [3.8, 4) is 6.07 Å². The fraction of sp³-hybridized carbons (Fsp3) is 0.750. The second-order valence-corrected chi connectivity index (χ2v) is 2.76. The van der Waals surface area contributed by atoms with Gasteiger partial charge in [-0.1, -0.05) is 0 Å². The molecule has 0 rings (SSSR count). The standard InChI is InChI=1S/C8H13N3/c1-10-5-4-8(6-9)7-11(2)3/h8H,4-5,7H2,2-3H3. The number of nitriles is 1. The van der Waals surface area contributed by atoms with Crippen LogP contribution in [0.3, 0.4) is 0 Å². The molecule has 60 valence electrons. The molecule has 0 heterocycles. The van der Waals surface area contributed by atoms with Crippen LogP contribution in [0, 0.1) is 23.8 Å². The van der Waals surface area contributed by atoms with Crippen molar-refractivity contribution in [1.29, 1.82) is 5.26 Å². The Bertz CT molecular complexity index is 173. The Labute approximate surface area is 68.0 Å². The Kier molecular flexibility index (Phi) is 5.15. The van der Waals surface area contributed by atoms with Crippen molar-refractivity contribution in [2.75, 3.05) is 27.2 Å². The maximum atomic E-state index is 8.62. The van der Waals surface area contributed by atoms with Crippen LogP contribution in [0.1, 0.15) is 6.42 Å². The highest BCUT2D eigenvalue weighted by Crippen LogP contribution is 2.02. The zero-order chi connectivity index (χ0) is 8.69. The van der Waals surface area contributed by atoms with E-state index in [2.05, 4.69) is 10.9 Å². The van der Waals surface area contributed by atoms with Gasteiger partial charge in [0.2, 0.25) is 6.54 Å². The number of hydrogen-bond acceptors (Lipinski definition) is 2. The molecule has 0 saturated heterocycles. The van der Waals surface area contributed by atoms with Gasteiger partial charge in [0, 0.05) is 13.0 Å². The molecule has 0 aromatic carbocycles. The average Bonchev–Trinajstić information content (AvgIpc) is 1.97. The Morgan fingerprint density at radius 3 is 2.64 bits per heavy atom. The number of rotatable bonds is 4. The van der Waals surface area contributed by atoms with E-state index >= 15 is 0 Å². The van der Waals surface area contributed by atoms with Gasteiger partial charge in [0.25, 0.3) is 0 Å². The molecule has 3 heteroatoms. The quantitative estimate of drug-likeness (QED) is 0.561. The minimum absolute atomic E-state index is 0.0131. The van der Waals surface area contributed by atoms with Gasteiger partial charge >= 0.3 is 0 Å². The van der Waals surface area contributed by atoms with Crippen molar-refractivity contribution < 1.29 is 0 Å². The van der Waals surface area contributed by atoms with E-state index in [1.807, 2.05) is 19.0 Å². The van der Waals surface area contributed by atoms with Crippen LogP contribution in [0.4, 0.5) is 0 Å². The summed E-state index contributed by atoms with van der Waals surface area (Å²) in [5, 5.41) is 8.62. The van der Waals surface area contributed by atoms with E-state index in [-0.39, 0.29) is 5.92 Å². The predicted octanol–water partition coefficient (Wildman–Crippen LogP) is 0.997. The molecule has 0 amide bonds. The van der Waals surface area contributed by atoms with E-state index in [9.17, 15) is 0 Å². The van der Waals surface area contributed by atoms with E-state index in [1.165, 1.54) is 0 Å². The lowest BCUT2D eigenvalue weighted by Crippen LogP contribution is -2.21. The third kappa shape index (κ3) is 5.39. The zero-order valence-corrected chi connectivity index (χ0v) is 7.04. The van der Waals surface area contributed by atoms with Crippen LogP contribution in [0.25, 0.3) is 4.85 Å². The molecular weight excluding hydrogens is 138 g/mol. The van der Waals surface area contributed by atoms with Crippen molar-refractivity contribution in [2.45, 2.75) is 6.42 Å². The second-order valence-electron chi connectivity index (χ2n) is 2.76. The first-order valence-corrected chi connectivity index (χ1v) is 3.58. The molecule has 0 saturated carbocycles. The molecule has 3 nitrogen and oxygen atoms in total. The van der Waals surface area contributed by atoms with Crippen molar-refractivity contribution in [1.82, 2.24) is 4.90 Å². The lowest BCUT2D eigenvalue weighted by molar-refractivity contribution is 0.357. The summed E-state index contributed by atoms with van der Waals surface area (Å²) in [6.07, 6.45) is 0.693. The molecule has 0 bridgehead atoms. The highest BCUT2D eigenvalue weighted by atomic mass is 15.1. The van der Waals surface area contributed by atoms with E-state index in [0.717, 1.165) is 6.54 Å². The lowest BCUT2D eigenvalue weighted by atomic mass is 10.1. The molecule has 0 spiro atoms. The summed E-state index contributed by atoms with van der Waals surface area (Å²) in [5.74, 6) is 0.0131. The van der Waals surface area contributed by atoms with Crippen LogP contribution in [0.2, 0.25) is 0 Å². The van der Waals surface area contributed by atoms with E-state index in [4.69, 9.17) is 11.8 Å². The van der Waals surface area contributed by atoms with E-state index in [0.29, 0.717) is 13.0 Å². The van der Waals surface area contributed by atoms with Crippen LogP contribution < -0.4 is 0 Å². The van der Waals surface area contributed by atoms with E-state index < -0.39 is 0 Å². The Hall–Kier alpha value is -1.06. The molecule has 0 aliphatic carbocycles. The highest BCUT2D eigenvalue weighted by molar-refractivity contribution is 4.86. The van der Waals surface area contributed by atoms with E-state index in [1.54, 1.807) is 0 Å². The molecule has 0 aromatic heterocycles. The Morgan fingerprint density at radius 1 is 1.64 bits per heavy atom. The van der Waals surface area contributed by atoms with Crippen molar-refractivity contribution in [2.24, 2.45) is 5.92 Å². The number of hydrogen-bond donors (Lipinski definition) is 0. The topological polar surface area (TPSA) is 31.4 Å². The summed E-state index contributed by atoms with van der Waals surface area (Å²) in [5.41, 5.74) is 0. The highest BCUT2D eigenvalue weighted by Gasteiger charge is 2.08. The summed E-state index contributed by atoms with van der Waals surface area (Å²) in [6.45, 7) is 7.78. The molecular formula is C8H13N3. The fourth-order valence-electron chi connectivity index (χ4n) is 0.858. The van der Waals surface area contributed by atoms with Gasteiger partial charge in [-0.2, -0.15) is 5.26 Å². The number of nitrogens with zero attached hydrogens (tertiary/aromatic N) is 3. The van der Waals surface area contributed by atoms with Gasteiger partial charge < -0.3 is 9.74 Å². The monoisotopic (exact) mass is 151 g/mol. The Morgan fingerprint density at radius 2 is 2.27 bits per heavy atom. The van der Waals surface area contributed by atoms with Crippen LogP contribution in [0.5, 0.6) is 0 Å². The van der Waals surface area contributed by atoms with Gasteiger partial charge in [-0.3, -0.25) is 0 Å². The first-order valence-electron chi connectivity index (χ1n) is 3.58. The van der Waals surface area contributed by atoms with Gasteiger partial charge in [-0.15, -0.1) is 0 Å². The fourth-order valence-corrected chi connectivity index (χ4v) is 0.858. The molecule has 11 heavy (non-hydrogen) atoms. The third-order valence-electron chi connectivity index (χ3n) is 1.36. The molecule has 1 atom stereocenters. The molecule has 0 aliphatic heterocycles. The summed E-state index contributed by atoms with van der Waals surface area (Å²) in [4.78, 5) is 5.18. The third-order valence-corrected chi connectivity index (χ3v) is 1.36. The Balaban J connectivity index is 3.62. The molecule has 0 aromatic rings. The van der Waals surface area contributed by atoms with Gasteiger partial charge in [-0.05, 0) is 14.1 Å². The van der Waals surface area contributed by atoms with Crippen LogP contribution in [-0.2, 0) is 0 Å². The molecule has 0 N–H and O–H groups in total. The van der Waals surface area contributed by atoms with Crippen LogP contribution in [-0.4, -0.2) is 32.1 Å². The maximum absolute atomic E-state index is 8.62. The first kappa shape index (κ1) is 9.94. The van der Waals surface area contributed by atoms with Gasteiger partial charge in [0.05, 0.1) is 12.0 Å². The van der Waals surface area contributed by atoms with Gasteiger partial charge in [-0.25, -0.2) is 6.57 Å². The van der Waals surface area contributed by atoms with Crippen molar-refractivity contribution in [3.63, 3.8) is 0 Å². The summed E-state index contributed by atoms with van der Waals surface area (Å²) in [7, 11) is 3.87. The molecule has 1 unspecified atom stereocenters. The average molecular weight is 151 g/mol. The molecule has 0 fully saturated rings. The van der Waals surface area contributed by atoms with Crippen LogP contribution in [0.15, 0.2) is 0 Å². The first-order chi connectivity index (χ1) is 5.20. The zero-order valence-electron chi connectivity index (χ0n) is 7.04. The van der Waals surface area contributed by atoms with Gasteiger partial charge in [0.15, 0.2) is 0 Å². The largest absolute Gasteiger partial charge is 0.317 e. The summed E-state index contributed by atoms with van der Waals surface area (Å²) >= 11 is 0. The second kappa shape index (κ2) is 5.70. The maximum Gasteiger partial charge on any atom is 0.216 e. The molecule has 0 radical (unpaired) electrons. The van der Waals surface area contributed by atoms with Gasteiger partial charge in [0.1, 0.15) is 0 Å².